The van der Waals surface area contributed by atoms with E-state index in [0.29, 0.717) is 52.1 Å². The molecular formula is C29H39FN4O3. The lowest BCUT2D eigenvalue weighted by molar-refractivity contribution is -0.142. The van der Waals surface area contributed by atoms with Crippen molar-refractivity contribution in [2.24, 2.45) is 5.92 Å². The van der Waals surface area contributed by atoms with Gasteiger partial charge in [0.05, 0.1) is 19.1 Å². The molecule has 0 bridgehead atoms. The molecule has 0 radical (unpaired) electrons. The summed E-state index contributed by atoms with van der Waals surface area (Å²) in [6.45, 7) is 7.27. The van der Waals surface area contributed by atoms with Crippen LogP contribution in [0.15, 0.2) is 36.4 Å². The van der Waals surface area contributed by atoms with Gasteiger partial charge < -0.3 is 20.1 Å². The van der Waals surface area contributed by atoms with Crippen LogP contribution in [0.2, 0.25) is 0 Å². The zero-order valence-electron chi connectivity index (χ0n) is 21.8. The van der Waals surface area contributed by atoms with Gasteiger partial charge in [-0.05, 0) is 61.4 Å². The van der Waals surface area contributed by atoms with Gasteiger partial charge in [0.2, 0.25) is 0 Å². The average Bonchev–Trinajstić information content (AvgIpc) is 3.31. The third-order valence-corrected chi connectivity index (χ3v) is 8.29. The van der Waals surface area contributed by atoms with Crippen molar-refractivity contribution in [3.63, 3.8) is 0 Å². The number of pyridine rings is 1. The highest BCUT2D eigenvalue weighted by atomic mass is 19.1. The molecule has 3 aliphatic heterocycles. The fourth-order valence-corrected chi connectivity index (χ4v) is 5.91. The second-order valence-corrected chi connectivity index (χ2v) is 10.9. The molecule has 2 aromatic rings. The van der Waals surface area contributed by atoms with Crippen LogP contribution in [0, 0.1) is 5.92 Å². The number of carboxylic acids is 1. The highest BCUT2D eigenvalue weighted by Crippen LogP contribution is 2.35. The summed E-state index contributed by atoms with van der Waals surface area (Å²) in [6, 6.07) is 12.4. The number of rotatable bonds is 9. The van der Waals surface area contributed by atoms with Gasteiger partial charge in [0.15, 0.2) is 0 Å². The second kappa shape index (κ2) is 11.4. The summed E-state index contributed by atoms with van der Waals surface area (Å²) in [5.41, 5.74) is 2.99. The first-order chi connectivity index (χ1) is 17.9. The number of benzene rings is 1. The monoisotopic (exact) mass is 510 g/mol. The van der Waals surface area contributed by atoms with Gasteiger partial charge in [0, 0.05) is 56.6 Å². The lowest BCUT2D eigenvalue weighted by atomic mass is 9.86. The van der Waals surface area contributed by atoms with Gasteiger partial charge >= 0.3 is 5.97 Å². The zero-order chi connectivity index (χ0) is 25.8. The summed E-state index contributed by atoms with van der Waals surface area (Å²) >= 11 is 0. The molecule has 37 heavy (non-hydrogen) atoms. The minimum atomic E-state index is -1.28. The zero-order valence-corrected chi connectivity index (χ0v) is 21.8. The number of ether oxygens (including phenoxy) is 1. The lowest BCUT2D eigenvalue weighted by Crippen LogP contribution is -2.37. The Hall–Kier alpha value is -2.71. The maximum atomic E-state index is 15.9. The van der Waals surface area contributed by atoms with Gasteiger partial charge in [-0.2, -0.15) is 0 Å². The lowest BCUT2D eigenvalue weighted by Gasteiger charge is -2.31. The van der Waals surface area contributed by atoms with E-state index in [2.05, 4.69) is 33.3 Å². The van der Waals surface area contributed by atoms with E-state index in [1.807, 2.05) is 18.2 Å². The molecular weight excluding hydrogens is 471 g/mol. The van der Waals surface area contributed by atoms with Crippen LogP contribution in [-0.4, -0.2) is 79.1 Å². The number of likely N-dealkylation sites (tertiary alicyclic amines) is 1. The molecule has 0 aliphatic carbocycles. The van der Waals surface area contributed by atoms with Gasteiger partial charge in [-0.25, -0.2) is 9.37 Å². The molecule has 200 valence electrons. The van der Waals surface area contributed by atoms with Crippen LogP contribution >= 0.6 is 0 Å². The number of aryl methyl sites for hydroxylation is 2. The number of morpholine rings is 1. The van der Waals surface area contributed by atoms with Crippen LogP contribution < -0.4 is 10.2 Å². The van der Waals surface area contributed by atoms with Crippen LogP contribution in [0.25, 0.3) is 0 Å². The minimum Gasteiger partial charge on any atom is -0.481 e. The molecule has 1 unspecified atom stereocenters. The molecule has 3 atom stereocenters. The molecule has 0 amide bonds. The van der Waals surface area contributed by atoms with Gasteiger partial charge in [-0.15, -0.1) is 0 Å². The number of fused-ring (bicyclic) bond motifs is 1. The summed E-state index contributed by atoms with van der Waals surface area (Å²) < 4.78 is 21.4. The normalized spacial score (nSPS) is 23.8. The predicted octanol–water partition coefficient (Wildman–Crippen LogP) is 4.13. The molecule has 2 saturated heterocycles. The summed E-state index contributed by atoms with van der Waals surface area (Å²) in [6.07, 6.45) is 3.67. The molecule has 1 aromatic carbocycles. The first-order valence-corrected chi connectivity index (χ1v) is 13.7. The number of hydrogen-bond donors (Lipinski definition) is 2. The Labute approximate surface area is 219 Å². The minimum absolute atomic E-state index is 0.214. The Bertz CT molecular complexity index is 1090. The molecule has 0 saturated carbocycles. The number of hydrogen-bond acceptors (Lipinski definition) is 6. The first kappa shape index (κ1) is 25.9. The maximum absolute atomic E-state index is 15.9. The van der Waals surface area contributed by atoms with Crippen molar-refractivity contribution in [3.8, 4) is 0 Å². The number of alkyl halides is 1. The quantitative estimate of drug-likeness (QED) is 0.525. The summed E-state index contributed by atoms with van der Waals surface area (Å²) in [5, 5.41) is 13.2. The molecule has 7 nitrogen and oxygen atoms in total. The fourth-order valence-electron chi connectivity index (χ4n) is 5.91. The molecule has 2 N–H and O–H groups in total. The standard InChI is InChI=1S/C29H39FN4O3/c1-21(28(35)36)26(23-4-2-6-25(18-23)34-14-16-37-17-15-34)19-33-13-11-29(30,20-33)10-9-24-8-7-22-5-3-12-31-27(22)32-24/h2,4,6-8,18,21,26H,3,5,9-17,19-20H2,1H3,(H,31,32)(H,35,36)/t21-,26?,29+/m0/s1. The third-order valence-electron chi connectivity index (χ3n) is 8.29. The van der Waals surface area contributed by atoms with Crippen LogP contribution in [-0.2, 0) is 22.4 Å². The predicted molar refractivity (Wildman–Crippen MR) is 143 cm³/mol. The number of aromatic nitrogens is 1. The van der Waals surface area contributed by atoms with E-state index in [0.717, 1.165) is 55.2 Å². The molecule has 3 aliphatic rings. The largest absolute Gasteiger partial charge is 0.481 e. The van der Waals surface area contributed by atoms with Crippen LogP contribution in [0.4, 0.5) is 15.9 Å². The van der Waals surface area contributed by atoms with Gasteiger partial charge in [-0.1, -0.05) is 25.1 Å². The van der Waals surface area contributed by atoms with Crippen molar-refractivity contribution in [1.82, 2.24) is 9.88 Å². The van der Waals surface area contributed by atoms with E-state index in [9.17, 15) is 9.90 Å². The number of carbonyl (C=O) groups is 1. The van der Waals surface area contributed by atoms with E-state index in [1.54, 1.807) is 6.92 Å². The third kappa shape index (κ3) is 6.24. The second-order valence-electron chi connectivity index (χ2n) is 10.9. The smallest absolute Gasteiger partial charge is 0.306 e. The SMILES string of the molecule is C[C@H](C(=O)O)C(CN1CC[C@](F)(CCc2ccc3c(n2)NCCC3)C1)c1cccc(N2CCOCC2)c1. The Morgan fingerprint density at radius 2 is 2.08 bits per heavy atom. The van der Waals surface area contributed by atoms with Gasteiger partial charge in [0.1, 0.15) is 11.5 Å². The number of nitrogens with one attached hydrogen (secondary N) is 1. The molecule has 5 rings (SSSR count). The Morgan fingerprint density at radius 3 is 2.89 bits per heavy atom. The molecule has 2 fully saturated rings. The summed E-state index contributed by atoms with van der Waals surface area (Å²) in [7, 11) is 0. The van der Waals surface area contributed by atoms with Crippen molar-refractivity contribution < 1.29 is 19.0 Å². The summed E-state index contributed by atoms with van der Waals surface area (Å²) in [5.74, 6) is -0.648. The molecule has 4 heterocycles. The Kier molecular flexibility index (Phi) is 7.95. The number of carboxylic acid groups (broad SMARTS) is 1. The van der Waals surface area contributed by atoms with Crippen molar-refractivity contribution in [3.05, 3.63) is 53.2 Å². The van der Waals surface area contributed by atoms with Crippen molar-refractivity contribution in [1.29, 1.82) is 0 Å². The molecule has 1 aromatic heterocycles. The molecule has 0 spiro atoms. The fraction of sp³-hybridized carbons (Fsp3) is 0.586. The number of anilines is 2. The first-order valence-electron chi connectivity index (χ1n) is 13.7. The van der Waals surface area contributed by atoms with Crippen LogP contribution in [0.1, 0.15) is 48.9 Å². The molecule has 8 heteroatoms. The van der Waals surface area contributed by atoms with Gasteiger partial charge in [0.25, 0.3) is 0 Å². The highest BCUT2D eigenvalue weighted by Gasteiger charge is 2.40. The van der Waals surface area contributed by atoms with Gasteiger partial charge in [-0.3, -0.25) is 9.69 Å². The number of nitrogens with zero attached hydrogens (tertiary/aromatic N) is 3. The van der Waals surface area contributed by atoms with E-state index >= 15 is 4.39 Å². The Morgan fingerprint density at radius 1 is 1.24 bits per heavy atom. The maximum Gasteiger partial charge on any atom is 0.306 e. The van der Waals surface area contributed by atoms with Crippen LogP contribution in [0.3, 0.4) is 0 Å². The van der Waals surface area contributed by atoms with Crippen molar-refractivity contribution in [2.45, 2.75) is 50.6 Å². The van der Waals surface area contributed by atoms with Crippen LogP contribution in [0.5, 0.6) is 0 Å². The number of aliphatic carboxylic acids is 1. The van der Waals surface area contributed by atoms with E-state index in [4.69, 9.17) is 9.72 Å². The van der Waals surface area contributed by atoms with E-state index in [1.165, 1.54) is 5.56 Å². The van der Waals surface area contributed by atoms with Crippen molar-refractivity contribution >= 4 is 17.5 Å². The van der Waals surface area contributed by atoms with E-state index in [-0.39, 0.29) is 5.92 Å². The number of halogens is 1. The Balaban J connectivity index is 1.24. The van der Waals surface area contributed by atoms with Crippen molar-refractivity contribution in [2.75, 3.05) is 62.7 Å². The average molecular weight is 511 g/mol. The summed E-state index contributed by atoms with van der Waals surface area (Å²) in [4.78, 5) is 21.2. The highest BCUT2D eigenvalue weighted by molar-refractivity contribution is 5.71. The van der Waals surface area contributed by atoms with E-state index < -0.39 is 17.6 Å². The topological polar surface area (TPSA) is 77.9 Å².